The highest BCUT2D eigenvalue weighted by Gasteiger charge is 1.95. The van der Waals surface area contributed by atoms with Crippen LogP contribution in [0.25, 0.3) is 0 Å². The quantitative estimate of drug-likeness (QED) is 0.651. The Balaban J connectivity index is 2.53. The number of aromatic hydroxyl groups is 1. The van der Waals surface area contributed by atoms with Crippen molar-refractivity contribution in [2.75, 3.05) is 5.75 Å². The first-order valence-electron chi connectivity index (χ1n) is 4.70. The maximum absolute atomic E-state index is 10.6. The number of thioether (sulfide) groups is 1. The zero-order valence-electron chi connectivity index (χ0n) is 8.79. The van der Waals surface area contributed by atoms with Gasteiger partial charge in [0.1, 0.15) is 5.75 Å². The third-order valence-electron chi connectivity index (χ3n) is 1.65. The van der Waals surface area contributed by atoms with Crippen LogP contribution in [0, 0.1) is 11.8 Å². The summed E-state index contributed by atoms with van der Waals surface area (Å²) in [5.74, 6) is 6.60. The molecule has 0 bridgehead atoms. The molecule has 84 valence electrons. The molecule has 0 atom stereocenters. The number of hydrogen-bond donors (Lipinski definition) is 1. The van der Waals surface area contributed by atoms with E-state index in [0.29, 0.717) is 22.8 Å². The molecule has 0 fully saturated rings. The van der Waals surface area contributed by atoms with Crippen molar-refractivity contribution in [1.29, 1.82) is 0 Å². The summed E-state index contributed by atoms with van der Waals surface area (Å²) in [6.45, 7) is 1.53. The predicted molar refractivity (Wildman–Crippen MR) is 67.8 cm³/mol. The highest BCUT2D eigenvalue weighted by atomic mass is 35.5. The second kappa shape index (κ2) is 6.47. The van der Waals surface area contributed by atoms with Gasteiger partial charge in [0.2, 0.25) is 0 Å². The number of hydrogen-bond acceptors (Lipinski definition) is 3. The highest BCUT2D eigenvalue weighted by molar-refractivity contribution is 8.13. The van der Waals surface area contributed by atoms with Crippen LogP contribution < -0.4 is 0 Å². The minimum absolute atomic E-state index is 0.0993. The van der Waals surface area contributed by atoms with Gasteiger partial charge in [-0.15, -0.1) is 0 Å². The number of rotatable bonds is 2. The van der Waals surface area contributed by atoms with Gasteiger partial charge < -0.3 is 5.11 Å². The Morgan fingerprint density at radius 2 is 2.25 bits per heavy atom. The van der Waals surface area contributed by atoms with E-state index in [2.05, 4.69) is 11.8 Å². The van der Waals surface area contributed by atoms with Gasteiger partial charge in [0.05, 0.1) is 0 Å². The summed E-state index contributed by atoms with van der Waals surface area (Å²) in [4.78, 5) is 10.6. The van der Waals surface area contributed by atoms with Gasteiger partial charge in [-0.1, -0.05) is 35.2 Å². The molecule has 16 heavy (non-hydrogen) atoms. The largest absolute Gasteiger partial charge is 0.508 e. The van der Waals surface area contributed by atoms with Crippen molar-refractivity contribution in [3.63, 3.8) is 0 Å². The highest BCUT2D eigenvalue weighted by Crippen LogP contribution is 2.18. The van der Waals surface area contributed by atoms with Gasteiger partial charge in [-0.25, -0.2) is 0 Å². The summed E-state index contributed by atoms with van der Waals surface area (Å²) in [6.07, 6.45) is 0.636. The van der Waals surface area contributed by atoms with Gasteiger partial charge in [-0.2, -0.15) is 0 Å². The average molecular weight is 255 g/mol. The summed E-state index contributed by atoms with van der Waals surface area (Å²) < 4.78 is 0. The lowest BCUT2D eigenvalue weighted by atomic mass is 10.2. The second-order valence-electron chi connectivity index (χ2n) is 3.09. The number of phenolic OH excluding ortho intramolecular Hbond substituents is 1. The Labute approximate surface area is 104 Å². The van der Waals surface area contributed by atoms with Crippen molar-refractivity contribution in [2.45, 2.75) is 13.3 Å². The SMILES string of the molecule is CC(=O)SCCC#Cc1cc(O)cc(Cl)c1. The van der Waals surface area contributed by atoms with Crippen molar-refractivity contribution in [1.82, 2.24) is 0 Å². The van der Waals surface area contributed by atoms with Crippen LogP contribution in [0.5, 0.6) is 5.75 Å². The monoisotopic (exact) mass is 254 g/mol. The van der Waals surface area contributed by atoms with Crippen molar-refractivity contribution in [3.8, 4) is 17.6 Å². The average Bonchev–Trinajstić information content (AvgIpc) is 2.15. The summed E-state index contributed by atoms with van der Waals surface area (Å²) in [7, 11) is 0. The molecule has 2 nitrogen and oxygen atoms in total. The van der Waals surface area contributed by atoms with Crippen LogP contribution in [0.4, 0.5) is 0 Å². The molecule has 0 aromatic heterocycles. The summed E-state index contributed by atoms with van der Waals surface area (Å²) in [6, 6.07) is 4.70. The number of phenols is 1. The number of carbonyl (C=O) groups excluding carboxylic acids is 1. The van der Waals surface area contributed by atoms with Crippen LogP contribution in [0.1, 0.15) is 18.9 Å². The molecule has 0 saturated heterocycles. The van der Waals surface area contributed by atoms with E-state index in [9.17, 15) is 9.90 Å². The molecule has 0 aliphatic rings. The van der Waals surface area contributed by atoms with Crippen molar-refractivity contribution in [2.24, 2.45) is 0 Å². The van der Waals surface area contributed by atoms with E-state index >= 15 is 0 Å². The third-order valence-corrected chi connectivity index (χ3v) is 2.68. The maximum Gasteiger partial charge on any atom is 0.185 e. The van der Waals surface area contributed by atoms with Crippen LogP contribution in [0.3, 0.4) is 0 Å². The van der Waals surface area contributed by atoms with E-state index in [-0.39, 0.29) is 10.9 Å². The first-order valence-corrected chi connectivity index (χ1v) is 6.06. The Kier molecular flexibility index (Phi) is 5.24. The normalized spacial score (nSPS) is 9.38. The van der Waals surface area contributed by atoms with Gasteiger partial charge in [0.25, 0.3) is 0 Å². The molecule has 0 unspecified atom stereocenters. The molecule has 1 aromatic rings. The van der Waals surface area contributed by atoms with Crippen LogP contribution in [0.15, 0.2) is 18.2 Å². The Hall–Kier alpha value is -1.11. The van der Waals surface area contributed by atoms with Gasteiger partial charge in [0.15, 0.2) is 5.12 Å². The van der Waals surface area contributed by atoms with Gasteiger partial charge >= 0.3 is 0 Å². The molecule has 1 aromatic carbocycles. The molecule has 0 saturated carbocycles. The standard InChI is InChI=1S/C12H11ClO2S/c1-9(14)16-5-3-2-4-10-6-11(13)8-12(15)7-10/h6-8,15H,3,5H2,1H3. The van der Waals surface area contributed by atoms with Crippen molar-refractivity contribution >= 4 is 28.5 Å². The molecule has 1 rings (SSSR count). The summed E-state index contributed by atoms with van der Waals surface area (Å²) in [5.41, 5.74) is 0.679. The van der Waals surface area contributed by atoms with E-state index in [1.165, 1.54) is 24.8 Å². The van der Waals surface area contributed by atoms with Crippen molar-refractivity contribution in [3.05, 3.63) is 28.8 Å². The van der Waals surface area contributed by atoms with E-state index in [4.69, 9.17) is 11.6 Å². The third kappa shape index (κ3) is 5.11. The van der Waals surface area contributed by atoms with Crippen LogP contribution in [-0.4, -0.2) is 16.0 Å². The van der Waals surface area contributed by atoms with Gasteiger partial charge in [-0.05, 0) is 18.2 Å². The zero-order chi connectivity index (χ0) is 12.0. The van der Waals surface area contributed by atoms with Gasteiger partial charge in [0, 0.05) is 29.7 Å². The molecule has 0 amide bonds. The molecule has 0 spiro atoms. The topological polar surface area (TPSA) is 37.3 Å². The van der Waals surface area contributed by atoms with Crippen LogP contribution >= 0.6 is 23.4 Å². The molecule has 0 aliphatic heterocycles. The molecule has 4 heteroatoms. The lowest BCUT2D eigenvalue weighted by molar-refractivity contribution is -0.109. The fourth-order valence-electron chi connectivity index (χ4n) is 1.06. The molecule has 1 N–H and O–H groups in total. The molecular formula is C12H11ClO2S. The summed E-state index contributed by atoms with van der Waals surface area (Å²) >= 11 is 7.01. The Bertz CT molecular complexity index is 426. The molecule has 0 heterocycles. The summed E-state index contributed by atoms with van der Waals surface area (Å²) in [5, 5.41) is 9.83. The van der Waals surface area contributed by atoms with E-state index in [1.807, 2.05) is 0 Å². The number of halogens is 1. The van der Waals surface area contributed by atoms with Crippen LogP contribution in [-0.2, 0) is 4.79 Å². The minimum atomic E-state index is 0.0993. The van der Waals surface area contributed by atoms with E-state index < -0.39 is 0 Å². The first kappa shape index (κ1) is 13.0. The molecule has 0 aliphatic carbocycles. The fraction of sp³-hybridized carbons (Fsp3) is 0.250. The molecule has 0 radical (unpaired) electrons. The van der Waals surface area contributed by atoms with E-state index in [1.54, 1.807) is 12.1 Å². The second-order valence-corrected chi connectivity index (χ2v) is 4.80. The lowest BCUT2D eigenvalue weighted by Gasteiger charge is -1.95. The maximum atomic E-state index is 10.6. The van der Waals surface area contributed by atoms with Gasteiger partial charge in [-0.3, -0.25) is 4.79 Å². The number of carbonyl (C=O) groups is 1. The zero-order valence-corrected chi connectivity index (χ0v) is 10.4. The lowest BCUT2D eigenvalue weighted by Crippen LogP contribution is -1.84. The van der Waals surface area contributed by atoms with Crippen molar-refractivity contribution < 1.29 is 9.90 Å². The number of benzene rings is 1. The minimum Gasteiger partial charge on any atom is -0.508 e. The smallest absolute Gasteiger partial charge is 0.185 e. The Morgan fingerprint density at radius 1 is 1.50 bits per heavy atom. The first-order chi connectivity index (χ1) is 7.58. The predicted octanol–water partition coefficient (Wildman–Crippen LogP) is 3.07. The van der Waals surface area contributed by atoms with E-state index in [0.717, 1.165) is 0 Å². The molecular weight excluding hydrogens is 244 g/mol. The van der Waals surface area contributed by atoms with Crippen LogP contribution in [0.2, 0.25) is 5.02 Å². The Morgan fingerprint density at radius 3 is 2.88 bits per heavy atom. The fourth-order valence-corrected chi connectivity index (χ4v) is 1.78.